The van der Waals surface area contributed by atoms with Gasteiger partial charge >= 0.3 is 0 Å². The van der Waals surface area contributed by atoms with Gasteiger partial charge in [-0.3, -0.25) is 4.79 Å². The van der Waals surface area contributed by atoms with Gasteiger partial charge in [-0.25, -0.2) is 4.39 Å². The fourth-order valence-corrected chi connectivity index (χ4v) is 5.32. The Hall–Kier alpha value is -3.15. The second-order valence-electron chi connectivity index (χ2n) is 9.85. The molecule has 1 aromatic heterocycles. The Kier molecular flexibility index (Phi) is 7.13. The molecule has 1 amide bonds. The second kappa shape index (κ2) is 10.5. The van der Waals surface area contributed by atoms with Crippen molar-refractivity contribution >= 4 is 28.4 Å². The monoisotopic (exact) mass is 504 g/mol. The number of amides is 1. The van der Waals surface area contributed by atoms with Crippen LogP contribution in [0.5, 0.6) is 0 Å². The van der Waals surface area contributed by atoms with Gasteiger partial charge in [-0.1, -0.05) is 54.1 Å². The van der Waals surface area contributed by atoms with Crippen molar-refractivity contribution in [2.45, 2.75) is 44.2 Å². The van der Waals surface area contributed by atoms with E-state index in [1.807, 2.05) is 36.4 Å². The van der Waals surface area contributed by atoms with Gasteiger partial charge in [0.05, 0.1) is 5.60 Å². The zero-order valence-corrected chi connectivity index (χ0v) is 21.1. The van der Waals surface area contributed by atoms with Crippen LogP contribution >= 0.6 is 11.6 Å². The standard InChI is InChI=1S/C30H30ClFN2O2/c1-30(14-5-15-36-30)20-33-29(35)17-26(22-6-4-7-23(31)16-22)27-19-34(28-9-3-2-8-25(27)28)18-21-10-12-24(32)13-11-21/h2-4,6-13,16,19,26H,5,14-15,17-18,20H2,1H3,(H,33,35)/t26-,30+/m0/s1. The number of halogens is 2. The molecule has 0 spiro atoms. The molecule has 6 heteroatoms. The van der Waals surface area contributed by atoms with Crippen LogP contribution in [0.2, 0.25) is 5.02 Å². The second-order valence-corrected chi connectivity index (χ2v) is 10.3. The zero-order valence-electron chi connectivity index (χ0n) is 20.3. The number of benzene rings is 3. The molecule has 1 aliphatic rings. The predicted molar refractivity (Wildman–Crippen MR) is 142 cm³/mol. The molecule has 0 unspecified atom stereocenters. The van der Waals surface area contributed by atoms with E-state index in [-0.39, 0.29) is 23.2 Å². The number of nitrogens with one attached hydrogen (secondary N) is 1. The highest BCUT2D eigenvalue weighted by molar-refractivity contribution is 6.30. The molecule has 0 aliphatic carbocycles. The summed E-state index contributed by atoms with van der Waals surface area (Å²) in [6.07, 6.45) is 4.38. The lowest BCUT2D eigenvalue weighted by atomic mass is 9.88. The summed E-state index contributed by atoms with van der Waals surface area (Å²) in [4.78, 5) is 13.2. The Balaban J connectivity index is 1.48. The third-order valence-electron chi connectivity index (χ3n) is 7.06. The Morgan fingerprint density at radius 3 is 2.69 bits per heavy atom. The number of para-hydroxylation sites is 1. The molecule has 1 aliphatic heterocycles. The summed E-state index contributed by atoms with van der Waals surface area (Å²) in [6.45, 7) is 3.90. The average molecular weight is 505 g/mol. The Morgan fingerprint density at radius 2 is 1.94 bits per heavy atom. The molecule has 1 fully saturated rings. The Labute approximate surface area is 216 Å². The summed E-state index contributed by atoms with van der Waals surface area (Å²) >= 11 is 6.37. The summed E-state index contributed by atoms with van der Waals surface area (Å²) < 4.78 is 21.5. The molecule has 0 bridgehead atoms. The lowest BCUT2D eigenvalue weighted by Gasteiger charge is -2.24. The number of carbonyl (C=O) groups excluding carboxylic acids is 1. The number of carbonyl (C=O) groups is 1. The van der Waals surface area contributed by atoms with E-state index in [1.165, 1.54) is 12.1 Å². The molecule has 0 saturated carbocycles. The van der Waals surface area contributed by atoms with E-state index >= 15 is 0 Å². The molecule has 2 heterocycles. The van der Waals surface area contributed by atoms with Gasteiger partial charge < -0.3 is 14.6 Å². The summed E-state index contributed by atoms with van der Waals surface area (Å²) in [6, 6.07) is 22.5. The normalized spacial score (nSPS) is 18.4. The van der Waals surface area contributed by atoms with Crippen molar-refractivity contribution in [3.05, 3.63) is 107 Å². The maximum Gasteiger partial charge on any atom is 0.221 e. The van der Waals surface area contributed by atoms with E-state index in [9.17, 15) is 9.18 Å². The van der Waals surface area contributed by atoms with Crippen LogP contribution in [0, 0.1) is 5.82 Å². The van der Waals surface area contributed by atoms with Gasteiger partial charge in [0.1, 0.15) is 5.82 Å². The van der Waals surface area contributed by atoms with Crippen molar-refractivity contribution in [1.29, 1.82) is 0 Å². The number of nitrogens with zero attached hydrogens (tertiary/aromatic N) is 1. The molecular weight excluding hydrogens is 475 g/mol. The van der Waals surface area contributed by atoms with E-state index < -0.39 is 0 Å². The quantitative estimate of drug-likeness (QED) is 0.290. The number of hydrogen-bond acceptors (Lipinski definition) is 2. The summed E-state index contributed by atoms with van der Waals surface area (Å²) in [7, 11) is 0. The molecule has 186 valence electrons. The number of hydrogen-bond donors (Lipinski definition) is 1. The number of aromatic nitrogens is 1. The SMILES string of the molecule is C[C@]1(CNC(=O)C[C@@H](c2cccc(Cl)c2)c2cn(Cc3ccc(F)cc3)c3ccccc23)CCCO1. The van der Waals surface area contributed by atoms with Crippen LogP contribution in [0.25, 0.3) is 10.9 Å². The third kappa shape index (κ3) is 5.48. The first-order valence-corrected chi connectivity index (χ1v) is 12.8. The highest BCUT2D eigenvalue weighted by atomic mass is 35.5. The van der Waals surface area contributed by atoms with E-state index in [4.69, 9.17) is 16.3 Å². The first-order chi connectivity index (χ1) is 17.4. The maximum absolute atomic E-state index is 13.5. The van der Waals surface area contributed by atoms with Crippen molar-refractivity contribution in [2.24, 2.45) is 0 Å². The third-order valence-corrected chi connectivity index (χ3v) is 7.30. The van der Waals surface area contributed by atoms with Gasteiger partial charge in [0, 0.05) is 54.2 Å². The van der Waals surface area contributed by atoms with Gasteiger partial charge in [0.25, 0.3) is 0 Å². The first-order valence-electron chi connectivity index (χ1n) is 12.4. The molecule has 36 heavy (non-hydrogen) atoms. The molecule has 0 radical (unpaired) electrons. The van der Waals surface area contributed by atoms with Crippen molar-refractivity contribution in [2.75, 3.05) is 13.2 Å². The van der Waals surface area contributed by atoms with Gasteiger partial charge in [-0.15, -0.1) is 0 Å². The Bertz CT molecular complexity index is 1360. The van der Waals surface area contributed by atoms with Crippen LogP contribution in [0.4, 0.5) is 4.39 Å². The molecule has 4 aromatic rings. The van der Waals surface area contributed by atoms with E-state index in [0.717, 1.165) is 47.0 Å². The minimum absolute atomic E-state index is 0.0212. The molecule has 5 rings (SSSR count). The highest BCUT2D eigenvalue weighted by Crippen LogP contribution is 2.36. The van der Waals surface area contributed by atoms with Crippen molar-refractivity contribution in [3.8, 4) is 0 Å². The van der Waals surface area contributed by atoms with Crippen molar-refractivity contribution in [1.82, 2.24) is 9.88 Å². The molecule has 3 aromatic carbocycles. The van der Waals surface area contributed by atoms with Crippen LogP contribution in [-0.2, 0) is 16.1 Å². The van der Waals surface area contributed by atoms with E-state index in [0.29, 0.717) is 24.5 Å². The largest absolute Gasteiger partial charge is 0.373 e. The lowest BCUT2D eigenvalue weighted by molar-refractivity contribution is -0.122. The molecular formula is C30H30ClFN2O2. The smallest absolute Gasteiger partial charge is 0.221 e. The molecule has 2 atom stereocenters. The number of ether oxygens (including phenoxy) is 1. The minimum atomic E-state index is -0.299. The van der Waals surface area contributed by atoms with Crippen LogP contribution in [-0.4, -0.2) is 29.2 Å². The number of fused-ring (bicyclic) bond motifs is 1. The van der Waals surface area contributed by atoms with Crippen LogP contribution in [0.1, 0.15) is 48.8 Å². The Morgan fingerprint density at radius 1 is 1.14 bits per heavy atom. The zero-order chi connectivity index (χ0) is 25.1. The van der Waals surface area contributed by atoms with Crippen LogP contribution in [0.3, 0.4) is 0 Å². The molecule has 4 nitrogen and oxygen atoms in total. The van der Waals surface area contributed by atoms with Crippen LogP contribution in [0.15, 0.2) is 79.0 Å². The summed E-state index contributed by atoms with van der Waals surface area (Å²) in [5, 5.41) is 4.84. The van der Waals surface area contributed by atoms with Gasteiger partial charge in [-0.2, -0.15) is 0 Å². The van der Waals surface area contributed by atoms with Gasteiger partial charge in [0.2, 0.25) is 5.91 Å². The summed E-state index contributed by atoms with van der Waals surface area (Å²) in [5.41, 5.74) is 3.83. The predicted octanol–water partition coefficient (Wildman–Crippen LogP) is 6.69. The van der Waals surface area contributed by atoms with Gasteiger partial charge in [-0.05, 0) is 66.8 Å². The maximum atomic E-state index is 13.5. The lowest BCUT2D eigenvalue weighted by Crippen LogP contribution is -2.40. The number of rotatable bonds is 8. The summed E-state index contributed by atoms with van der Waals surface area (Å²) in [5.74, 6) is -0.451. The van der Waals surface area contributed by atoms with Gasteiger partial charge in [0.15, 0.2) is 0 Å². The van der Waals surface area contributed by atoms with E-state index in [1.54, 1.807) is 12.1 Å². The molecule has 1 saturated heterocycles. The van der Waals surface area contributed by atoms with E-state index in [2.05, 4.69) is 35.1 Å². The highest BCUT2D eigenvalue weighted by Gasteiger charge is 2.31. The topological polar surface area (TPSA) is 43.3 Å². The fraction of sp³-hybridized carbons (Fsp3) is 0.300. The average Bonchev–Trinajstić information content (AvgIpc) is 3.47. The van der Waals surface area contributed by atoms with Crippen LogP contribution < -0.4 is 5.32 Å². The minimum Gasteiger partial charge on any atom is -0.373 e. The van der Waals surface area contributed by atoms with Crippen molar-refractivity contribution in [3.63, 3.8) is 0 Å². The first kappa shape index (κ1) is 24.5. The van der Waals surface area contributed by atoms with Crippen molar-refractivity contribution < 1.29 is 13.9 Å². The fourth-order valence-electron chi connectivity index (χ4n) is 5.12. The molecule has 1 N–H and O–H groups in total.